The van der Waals surface area contributed by atoms with Gasteiger partial charge in [0.2, 0.25) is 0 Å². The molecule has 8 heteroatoms. The van der Waals surface area contributed by atoms with Crippen LogP contribution >= 0.6 is 11.6 Å². The molecule has 0 saturated carbocycles. The van der Waals surface area contributed by atoms with Crippen molar-refractivity contribution in [3.05, 3.63) is 83.0 Å². The van der Waals surface area contributed by atoms with Gasteiger partial charge in [0.25, 0.3) is 5.91 Å². The van der Waals surface area contributed by atoms with Crippen molar-refractivity contribution < 1.29 is 23.9 Å². The zero-order valence-electron chi connectivity index (χ0n) is 18.7. The number of methoxy groups -OCH3 is 1. The summed E-state index contributed by atoms with van der Waals surface area (Å²) in [4.78, 5) is 12.8. The molecule has 0 fully saturated rings. The van der Waals surface area contributed by atoms with Gasteiger partial charge in [-0.25, -0.2) is 0 Å². The van der Waals surface area contributed by atoms with Gasteiger partial charge in [-0.1, -0.05) is 59.2 Å². The standard InChI is InChI=1S/C26H23ClN2O5/c1-3-28-26(31)24-23(17-9-11-18(32-2)12-10-17)25(34-29-24)19-13-20(27)21(30)14-22(19)33-15-16-7-5-4-6-8-16/h4-14,30H,3,15H2,1-2H3,(H,28,31). The fraction of sp³-hybridized carbons (Fsp3) is 0.154. The minimum Gasteiger partial charge on any atom is -0.506 e. The molecule has 4 rings (SSSR count). The van der Waals surface area contributed by atoms with E-state index in [-0.39, 0.29) is 34.7 Å². The molecule has 0 aliphatic carbocycles. The third-order valence-corrected chi connectivity index (χ3v) is 5.46. The molecule has 0 saturated heterocycles. The lowest BCUT2D eigenvalue weighted by Gasteiger charge is -2.13. The first-order valence-corrected chi connectivity index (χ1v) is 11.0. The molecule has 0 unspecified atom stereocenters. The Hall–Kier alpha value is -3.97. The van der Waals surface area contributed by atoms with Crippen LogP contribution in [0.5, 0.6) is 17.2 Å². The van der Waals surface area contributed by atoms with E-state index in [1.807, 2.05) is 49.4 Å². The van der Waals surface area contributed by atoms with Gasteiger partial charge >= 0.3 is 0 Å². The van der Waals surface area contributed by atoms with Gasteiger partial charge in [0.05, 0.1) is 23.3 Å². The van der Waals surface area contributed by atoms with Crippen LogP contribution in [-0.4, -0.2) is 29.8 Å². The number of hydrogen-bond acceptors (Lipinski definition) is 6. The number of halogens is 1. The number of aromatic nitrogens is 1. The van der Waals surface area contributed by atoms with Crippen molar-refractivity contribution in [3.8, 4) is 39.7 Å². The maximum atomic E-state index is 12.8. The maximum absolute atomic E-state index is 12.8. The van der Waals surface area contributed by atoms with E-state index >= 15 is 0 Å². The van der Waals surface area contributed by atoms with Crippen molar-refractivity contribution in [2.24, 2.45) is 0 Å². The second-order valence-corrected chi connectivity index (χ2v) is 7.80. The largest absolute Gasteiger partial charge is 0.506 e. The number of hydrogen-bond donors (Lipinski definition) is 2. The average molecular weight is 479 g/mol. The summed E-state index contributed by atoms with van der Waals surface area (Å²) in [7, 11) is 1.58. The van der Waals surface area contributed by atoms with E-state index in [2.05, 4.69) is 10.5 Å². The SMILES string of the molecule is CCNC(=O)c1noc(-c2cc(Cl)c(O)cc2OCc2ccccc2)c1-c1ccc(OC)cc1. The Balaban J connectivity index is 1.84. The van der Waals surface area contributed by atoms with Crippen LogP contribution in [0.15, 0.2) is 71.3 Å². The average Bonchev–Trinajstić information content (AvgIpc) is 3.30. The summed E-state index contributed by atoms with van der Waals surface area (Å²) in [5, 5.41) is 17.2. The first kappa shape index (κ1) is 23.2. The monoisotopic (exact) mass is 478 g/mol. The number of carbonyl (C=O) groups is 1. The Bertz CT molecular complexity index is 1290. The van der Waals surface area contributed by atoms with Gasteiger partial charge in [-0.2, -0.15) is 0 Å². The van der Waals surface area contributed by atoms with Crippen molar-refractivity contribution in [1.29, 1.82) is 0 Å². The van der Waals surface area contributed by atoms with Crippen LogP contribution in [0, 0.1) is 0 Å². The minimum atomic E-state index is -0.375. The van der Waals surface area contributed by atoms with E-state index in [0.29, 0.717) is 34.7 Å². The summed E-state index contributed by atoms with van der Waals surface area (Å²) in [5.41, 5.74) is 2.68. The second kappa shape index (κ2) is 10.3. The van der Waals surface area contributed by atoms with Crippen LogP contribution in [-0.2, 0) is 6.61 Å². The van der Waals surface area contributed by atoms with Gasteiger partial charge in [-0.15, -0.1) is 0 Å². The van der Waals surface area contributed by atoms with Gasteiger partial charge in [0.1, 0.15) is 23.9 Å². The normalized spacial score (nSPS) is 10.7. The molecule has 174 valence electrons. The summed E-state index contributed by atoms with van der Waals surface area (Å²) in [5.74, 6) is 0.777. The highest BCUT2D eigenvalue weighted by Gasteiger charge is 2.27. The number of aromatic hydroxyl groups is 1. The molecule has 1 aromatic heterocycles. The van der Waals surface area contributed by atoms with Gasteiger partial charge < -0.3 is 24.4 Å². The molecular weight excluding hydrogens is 456 g/mol. The number of rotatable bonds is 8. The van der Waals surface area contributed by atoms with Crippen LogP contribution in [0.4, 0.5) is 0 Å². The predicted molar refractivity (Wildman–Crippen MR) is 129 cm³/mol. The first-order chi connectivity index (χ1) is 16.5. The summed E-state index contributed by atoms with van der Waals surface area (Å²) in [6, 6.07) is 19.7. The van der Waals surface area contributed by atoms with Crippen LogP contribution < -0.4 is 14.8 Å². The molecule has 0 bridgehead atoms. The maximum Gasteiger partial charge on any atom is 0.274 e. The number of benzene rings is 3. The number of phenols is 1. The van der Waals surface area contributed by atoms with Crippen LogP contribution in [0.25, 0.3) is 22.5 Å². The fourth-order valence-corrected chi connectivity index (χ4v) is 3.64. The molecule has 0 aliphatic heterocycles. The van der Waals surface area contributed by atoms with Crippen molar-refractivity contribution >= 4 is 17.5 Å². The van der Waals surface area contributed by atoms with Crippen molar-refractivity contribution in [1.82, 2.24) is 10.5 Å². The van der Waals surface area contributed by atoms with E-state index in [4.69, 9.17) is 25.6 Å². The molecule has 1 heterocycles. The molecule has 7 nitrogen and oxygen atoms in total. The summed E-state index contributed by atoms with van der Waals surface area (Å²) < 4.78 is 17.0. The highest BCUT2D eigenvalue weighted by molar-refractivity contribution is 6.32. The Morgan fingerprint density at radius 3 is 2.53 bits per heavy atom. The van der Waals surface area contributed by atoms with Crippen LogP contribution in [0.1, 0.15) is 23.0 Å². The third kappa shape index (κ3) is 4.84. The van der Waals surface area contributed by atoms with Gasteiger partial charge in [-0.3, -0.25) is 4.79 Å². The second-order valence-electron chi connectivity index (χ2n) is 7.40. The summed E-state index contributed by atoms with van der Waals surface area (Å²) in [6.07, 6.45) is 0. The Morgan fingerprint density at radius 2 is 1.85 bits per heavy atom. The summed E-state index contributed by atoms with van der Waals surface area (Å²) in [6.45, 7) is 2.50. The van der Waals surface area contributed by atoms with E-state index in [0.717, 1.165) is 5.56 Å². The number of phenolic OH excluding ortho intramolecular Hbond substituents is 1. The lowest BCUT2D eigenvalue weighted by molar-refractivity contribution is 0.0947. The van der Waals surface area contributed by atoms with E-state index < -0.39 is 0 Å². The minimum absolute atomic E-state index is 0.110. The quantitative estimate of drug-likeness (QED) is 0.337. The molecule has 1 amide bonds. The molecular formula is C26H23ClN2O5. The molecule has 34 heavy (non-hydrogen) atoms. The Kier molecular flexibility index (Phi) is 7.04. The zero-order chi connectivity index (χ0) is 24.1. The van der Waals surface area contributed by atoms with Gasteiger partial charge in [0, 0.05) is 12.6 Å². The number of nitrogens with zero attached hydrogens (tertiary/aromatic N) is 1. The zero-order valence-corrected chi connectivity index (χ0v) is 19.4. The van der Waals surface area contributed by atoms with Gasteiger partial charge in [-0.05, 0) is 36.2 Å². The van der Waals surface area contributed by atoms with Crippen molar-refractivity contribution in [2.75, 3.05) is 13.7 Å². The highest BCUT2D eigenvalue weighted by Crippen LogP contribution is 2.43. The van der Waals surface area contributed by atoms with Gasteiger partial charge in [0.15, 0.2) is 11.5 Å². The lowest BCUT2D eigenvalue weighted by Crippen LogP contribution is -2.23. The van der Waals surface area contributed by atoms with E-state index in [9.17, 15) is 9.90 Å². The molecule has 0 atom stereocenters. The Morgan fingerprint density at radius 1 is 1.12 bits per heavy atom. The number of ether oxygens (including phenoxy) is 2. The molecule has 0 aliphatic rings. The van der Waals surface area contributed by atoms with Crippen LogP contribution in [0.2, 0.25) is 5.02 Å². The molecule has 0 radical (unpaired) electrons. The van der Waals surface area contributed by atoms with Crippen molar-refractivity contribution in [3.63, 3.8) is 0 Å². The van der Waals surface area contributed by atoms with E-state index in [1.54, 1.807) is 19.2 Å². The fourth-order valence-electron chi connectivity index (χ4n) is 3.47. The van der Waals surface area contributed by atoms with Crippen LogP contribution in [0.3, 0.4) is 0 Å². The molecule has 4 aromatic rings. The highest BCUT2D eigenvalue weighted by atomic mass is 35.5. The third-order valence-electron chi connectivity index (χ3n) is 5.15. The topological polar surface area (TPSA) is 93.8 Å². The van der Waals surface area contributed by atoms with Crippen molar-refractivity contribution in [2.45, 2.75) is 13.5 Å². The smallest absolute Gasteiger partial charge is 0.274 e. The predicted octanol–water partition coefficient (Wildman–Crippen LogP) is 5.70. The molecule has 0 spiro atoms. The number of carbonyl (C=O) groups excluding carboxylic acids is 1. The lowest BCUT2D eigenvalue weighted by atomic mass is 9.98. The number of nitrogens with one attached hydrogen (secondary N) is 1. The summed E-state index contributed by atoms with van der Waals surface area (Å²) >= 11 is 6.25. The van der Waals surface area contributed by atoms with E-state index in [1.165, 1.54) is 12.1 Å². The number of amides is 1. The first-order valence-electron chi connectivity index (χ1n) is 10.6. The molecule has 2 N–H and O–H groups in total. The Labute approximate surface area is 201 Å². The molecule has 3 aromatic carbocycles.